The largest absolute Gasteiger partial charge is 0.330 e. The van der Waals surface area contributed by atoms with E-state index in [4.69, 9.17) is 5.73 Å². The van der Waals surface area contributed by atoms with E-state index in [9.17, 15) is 0 Å². The van der Waals surface area contributed by atoms with Crippen LogP contribution in [0.25, 0.3) is 0 Å². The Morgan fingerprint density at radius 1 is 1.64 bits per heavy atom. The van der Waals surface area contributed by atoms with Gasteiger partial charge in [0, 0.05) is 18.9 Å². The number of rotatable bonds is 5. The standard InChI is InChI=1S/C11H19N3/c1-10(4-3-8-12)5-6-11-7-9-13-14(11)2/h4,7,9H,3,5-6,8,12H2,1-2H3. The normalized spacial score (nSPS) is 12.1. The lowest BCUT2D eigenvalue weighted by Gasteiger charge is -2.02. The van der Waals surface area contributed by atoms with Crippen LogP contribution in [0.3, 0.4) is 0 Å². The maximum absolute atomic E-state index is 5.43. The fraction of sp³-hybridized carbons (Fsp3) is 0.545. The van der Waals surface area contributed by atoms with Crippen LogP contribution in [0.15, 0.2) is 23.9 Å². The summed E-state index contributed by atoms with van der Waals surface area (Å²) in [6.45, 7) is 2.90. The van der Waals surface area contributed by atoms with Gasteiger partial charge in [-0.05, 0) is 38.8 Å². The van der Waals surface area contributed by atoms with Gasteiger partial charge in [-0.2, -0.15) is 5.10 Å². The Bertz CT molecular complexity index is 299. The molecule has 0 saturated carbocycles. The zero-order valence-corrected chi connectivity index (χ0v) is 9.03. The quantitative estimate of drug-likeness (QED) is 0.723. The van der Waals surface area contributed by atoms with Crippen molar-refractivity contribution < 1.29 is 0 Å². The van der Waals surface area contributed by atoms with E-state index in [1.807, 2.05) is 17.9 Å². The molecule has 1 rings (SSSR count). The summed E-state index contributed by atoms with van der Waals surface area (Å²) in [7, 11) is 1.98. The number of allylic oxidation sites excluding steroid dienone is 1. The fourth-order valence-corrected chi connectivity index (χ4v) is 1.40. The third-order valence-electron chi connectivity index (χ3n) is 2.36. The van der Waals surface area contributed by atoms with Crippen LogP contribution in [0, 0.1) is 0 Å². The fourth-order valence-electron chi connectivity index (χ4n) is 1.40. The Kier molecular flexibility index (Phi) is 4.40. The minimum Gasteiger partial charge on any atom is -0.330 e. The molecular formula is C11H19N3. The highest BCUT2D eigenvalue weighted by Crippen LogP contribution is 2.08. The average Bonchev–Trinajstić information content (AvgIpc) is 2.58. The zero-order valence-electron chi connectivity index (χ0n) is 9.03. The monoisotopic (exact) mass is 193 g/mol. The second kappa shape index (κ2) is 5.60. The number of aromatic nitrogens is 2. The van der Waals surface area contributed by atoms with Gasteiger partial charge in [0.05, 0.1) is 0 Å². The molecule has 3 nitrogen and oxygen atoms in total. The molecule has 0 unspecified atom stereocenters. The molecular weight excluding hydrogens is 174 g/mol. The number of aryl methyl sites for hydroxylation is 2. The molecule has 78 valence electrons. The van der Waals surface area contributed by atoms with E-state index < -0.39 is 0 Å². The SMILES string of the molecule is CC(=CCCN)CCc1ccnn1C. The first-order valence-electron chi connectivity index (χ1n) is 5.06. The van der Waals surface area contributed by atoms with Gasteiger partial charge in [0.2, 0.25) is 0 Å². The molecule has 1 heterocycles. The molecule has 0 saturated heterocycles. The first-order valence-corrected chi connectivity index (χ1v) is 5.06. The molecule has 0 aliphatic carbocycles. The molecule has 14 heavy (non-hydrogen) atoms. The van der Waals surface area contributed by atoms with Crippen LogP contribution in [0.1, 0.15) is 25.5 Å². The Hall–Kier alpha value is -1.09. The summed E-state index contributed by atoms with van der Waals surface area (Å²) >= 11 is 0. The van der Waals surface area contributed by atoms with Crippen molar-refractivity contribution in [3.8, 4) is 0 Å². The van der Waals surface area contributed by atoms with Crippen LogP contribution in [-0.4, -0.2) is 16.3 Å². The van der Waals surface area contributed by atoms with Crippen molar-refractivity contribution in [2.75, 3.05) is 6.54 Å². The Morgan fingerprint density at radius 2 is 2.43 bits per heavy atom. The van der Waals surface area contributed by atoms with E-state index in [1.165, 1.54) is 11.3 Å². The van der Waals surface area contributed by atoms with Gasteiger partial charge in [0.25, 0.3) is 0 Å². The summed E-state index contributed by atoms with van der Waals surface area (Å²) in [6, 6.07) is 2.07. The van der Waals surface area contributed by atoms with Crippen molar-refractivity contribution in [1.29, 1.82) is 0 Å². The van der Waals surface area contributed by atoms with E-state index in [2.05, 4.69) is 24.2 Å². The molecule has 1 aromatic heterocycles. The minimum atomic E-state index is 0.739. The van der Waals surface area contributed by atoms with Crippen LogP contribution >= 0.6 is 0 Å². The zero-order chi connectivity index (χ0) is 10.4. The molecule has 0 fully saturated rings. The lowest BCUT2D eigenvalue weighted by molar-refractivity contribution is 0.701. The number of hydrogen-bond acceptors (Lipinski definition) is 2. The summed E-state index contributed by atoms with van der Waals surface area (Å²) in [5.74, 6) is 0. The van der Waals surface area contributed by atoms with Crippen molar-refractivity contribution >= 4 is 0 Å². The van der Waals surface area contributed by atoms with Crippen molar-refractivity contribution in [2.45, 2.75) is 26.2 Å². The highest BCUT2D eigenvalue weighted by Gasteiger charge is 1.98. The second-order valence-electron chi connectivity index (χ2n) is 3.57. The third-order valence-corrected chi connectivity index (χ3v) is 2.36. The summed E-state index contributed by atoms with van der Waals surface area (Å²) in [5.41, 5.74) is 8.13. The lowest BCUT2D eigenvalue weighted by Crippen LogP contribution is -1.99. The predicted octanol–water partition coefficient (Wildman–Crippen LogP) is 1.65. The molecule has 0 bridgehead atoms. The molecule has 3 heteroatoms. The Balaban J connectivity index is 2.37. The van der Waals surface area contributed by atoms with Gasteiger partial charge in [-0.15, -0.1) is 0 Å². The van der Waals surface area contributed by atoms with Crippen LogP contribution in [0.2, 0.25) is 0 Å². The Labute approximate surface area is 85.6 Å². The number of hydrogen-bond donors (Lipinski definition) is 1. The maximum atomic E-state index is 5.43. The third kappa shape index (κ3) is 3.34. The maximum Gasteiger partial charge on any atom is 0.0492 e. The predicted molar refractivity (Wildman–Crippen MR) is 59.0 cm³/mol. The van der Waals surface area contributed by atoms with Crippen molar-refractivity contribution in [1.82, 2.24) is 9.78 Å². The molecule has 2 N–H and O–H groups in total. The van der Waals surface area contributed by atoms with E-state index in [1.54, 1.807) is 0 Å². The van der Waals surface area contributed by atoms with Gasteiger partial charge in [0.1, 0.15) is 0 Å². The number of nitrogens with two attached hydrogens (primary N) is 1. The summed E-state index contributed by atoms with van der Waals surface area (Å²) in [5, 5.41) is 4.13. The second-order valence-corrected chi connectivity index (χ2v) is 3.57. The number of nitrogens with zero attached hydrogens (tertiary/aromatic N) is 2. The smallest absolute Gasteiger partial charge is 0.0492 e. The molecule has 0 radical (unpaired) electrons. The van der Waals surface area contributed by atoms with Gasteiger partial charge < -0.3 is 5.73 Å². The van der Waals surface area contributed by atoms with Crippen molar-refractivity contribution in [3.63, 3.8) is 0 Å². The highest BCUT2D eigenvalue weighted by atomic mass is 15.2. The molecule has 0 amide bonds. The van der Waals surface area contributed by atoms with Crippen molar-refractivity contribution in [2.24, 2.45) is 12.8 Å². The van der Waals surface area contributed by atoms with Gasteiger partial charge in [-0.1, -0.05) is 11.6 Å². The molecule has 0 aliphatic heterocycles. The van der Waals surface area contributed by atoms with Gasteiger partial charge >= 0.3 is 0 Å². The Morgan fingerprint density at radius 3 is 3.00 bits per heavy atom. The van der Waals surface area contributed by atoms with Crippen LogP contribution in [0.5, 0.6) is 0 Å². The molecule has 0 aromatic carbocycles. The van der Waals surface area contributed by atoms with E-state index >= 15 is 0 Å². The van der Waals surface area contributed by atoms with Crippen LogP contribution in [-0.2, 0) is 13.5 Å². The van der Waals surface area contributed by atoms with Gasteiger partial charge in [-0.3, -0.25) is 4.68 Å². The van der Waals surface area contributed by atoms with Crippen LogP contribution in [0.4, 0.5) is 0 Å². The molecule has 0 aliphatic rings. The molecule has 0 spiro atoms. The van der Waals surface area contributed by atoms with E-state index in [0.29, 0.717) is 0 Å². The highest BCUT2D eigenvalue weighted by molar-refractivity contribution is 5.05. The first-order chi connectivity index (χ1) is 6.74. The van der Waals surface area contributed by atoms with Gasteiger partial charge in [0.15, 0.2) is 0 Å². The van der Waals surface area contributed by atoms with Crippen molar-refractivity contribution in [3.05, 3.63) is 29.6 Å². The summed E-state index contributed by atoms with van der Waals surface area (Å²) in [4.78, 5) is 0. The summed E-state index contributed by atoms with van der Waals surface area (Å²) in [6.07, 6.45) is 7.20. The molecule has 0 atom stereocenters. The lowest BCUT2D eigenvalue weighted by atomic mass is 10.1. The first kappa shape index (κ1) is 11.0. The summed E-state index contributed by atoms with van der Waals surface area (Å²) < 4.78 is 1.93. The minimum absolute atomic E-state index is 0.739. The average molecular weight is 193 g/mol. The molecule has 1 aromatic rings. The topological polar surface area (TPSA) is 43.8 Å². The van der Waals surface area contributed by atoms with E-state index in [-0.39, 0.29) is 0 Å². The van der Waals surface area contributed by atoms with Crippen LogP contribution < -0.4 is 5.73 Å². The van der Waals surface area contributed by atoms with Gasteiger partial charge in [-0.25, -0.2) is 0 Å². The van der Waals surface area contributed by atoms with E-state index in [0.717, 1.165) is 25.8 Å².